The van der Waals surface area contributed by atoms with Crippen molar-refractivity contribution in [2.45, 2.75) is 0 Å². The lowest BCUT2D eigenvalue weighted by Crippen LogP contribution is -2.32. The van der Waals surface area contributed by atoms with Crippen LogP contribution >= 0.6 is 0 Å². The van der Waals surface area contributed by atoms with Gasteiger partial charge in [-0.3, -0.25) is 0 Å². The van der Waals surface area contributed by atoms with E-state index in [9.17, 15) is 0 Å². The molecule has 0 atom stereocenters. The van der Waals surface area contributed by atoms with Gasteiger partial charge in [0.05, 0.1) is 26.4 Å². The molecule has 2 heterocycles. The number of ether oxygens (including phenoxy) is 2. The Morgan fingerprint density at radius 1 is 0.923 bits per heavy atom. The normalized spacial score (nSPS) is 24.7. The fourth-order valence-corrected chi connectivity index (χ4v) is 1.17. The lowest BCUT2D eigenvalue weighted by Gasteiger charge is -2.21. The molecule has 4 nitrogen and oxygen atoms in total. The van der Waals surface area contributed by atoms with Crippen molar-refractivity contribution in [2.24, 2.45) is 0 Å². The Bertz CT molecular complexity index is 101. The molecule has 2 saturated heterocycles. The Morgan fingerprint density at radius 3 is 1.69 bits per heavy atom. The van der Waals surface area contributed by atoms with Crippen molar-refractivity contribution in [3.8, 4) is 0 Å². The molecular weight excluding hydrogens is 168 g/mol. The summed E-state index contributed by atoms with van der Waals surface area (Å²) < 4.78 is 10.1. The Morgan fingerprint density at radius 2 is 1.46 bits per heavy atom. The molecule has 2 rings (SSSR count). The molecule has 0 unspecified atom stereocenters. The summed E-state index contributed by atoms with van der Waals surface area (Å²) in [6.45, 7) is 7.85. The van der Waals surface area contributed by atoms with Crippen molar-refractivity contribution in [2.75, 3.05) is 59.7 Å². The molecule has 0 saturated carbocycles. The summed E-state index contributed by atoms with van der Waals surface area (Å²) in [7, 11) is 2.11. The maximum absolute atomic E-state index is 5.10. The highest BCUT2D eigenvalue weighted by molar-refractivity contribution is 4.53. The van der Waals surface area contributed by atoms with E-state index in [-0.39, 0.29) is 0 Å². The first kappa shape index (κ1) is 10.9. The zero-order valence-electron chi connectivity index (χ0n) is 8.42. The molecule has 4 heteroatoms. The Kier molecular flexibility index (Phi) is 6.10. The third kappa shape index (κ3) is 5.99. The highest BCUT2D eigenvalue weighted by Crippen LogP contribution is 1.89. The van der Waals surface area contributed by atoms with Crippen molar-refractivity contribution in [1.29, 1.82) is 0 Å². The minimum absolute atomic E-state index is 0.889. The molecule has 13 heavy (non-hydrogen) atoms. The molecule has 0 aromatic carbocycles. The average molecular weight is 188 g/mol. The van der Waals surface area contributed by atoms with Crippen molar-refractivity contribution < 1.29 is 9.47 Å². The molecule has 0 radical (unpaired) electrons. The maximum atomic E-state index is 5.10. The van der Waals surface area contributed by atoms with Gasteiger partial charge in [-0.05, 0) is 7.05 Å². The monoisotopic (exact) mass is 188 g/mol. The molecule has 0 bridgehead atoms. The molecule has 2 aliphatic heterocycles. The molecule has 1 N–H and O–H groups in total. The summed E-state index contributed by atoms with van der Waals surface area (Å²) in [5.41, 5.74) is 0. The highest BCUT2D eigenvalue weighted by Gasteiger charge is 2.02. The number of nitrogens with one attached hydrogen (secondary N) is 1. The number of hydrogen-bond acceptors (Lipinski definition) is 4. The van der Waals surface area contributed by atoms with E-state index < -0.39 is 0 Å². The van der Waals surface area contributed by atoms with E-state index in [1.807, 2.05) is 0 Å². The van der Waals surface area contributed by atoms with Gasteiger partial charge in [0.15, 0.2) is 0 Å². The minimum Gasteiger partial charge on any atom is -0.379 e. The van der Waals surface area contributed by atoms with Gasteiger partial charge < -0.3 is 19.7 Å². The number of nitrogens with zero attached hydrogens (tertiary/aromatic N) is 1. The number of morpholine rings is 2. The van der Waals surface area contributed by atoms with Gasteiger partial charge in [-0.1, -0.05) is 0 Å². The van der Waals surface area contributed by atoms with Crippen LogP contribution < -0.4 is 5.32 Å². The maximum Gasteiger partial charge on any atom is 0.0594 e. The SMILES string of the molecule is C1COCCN1.CN1CCOCC1. The highest BCUT2D eigenvalue weighted by atomic mass is 16.5. The summed E-state index contributed by atoms with van der Waals surface area (Å²) >= 11 is 0. The molecule has 2 aliphatic rings. The van der Waals surface area contributed by atoms with Crippen LogP contribution in [0.1, 0.15) is 0 Å². The second-order valence-corrected chi connectivity index (χ2v) is 3.28. The van der Waals surface area contributed by atoms with Gasteiger partial charge in [0.2, 0.25) is 0 Å². The van der Waals surface area contributed by atoms with Crippen LogP contribution in [-0.2, 0) is 9.47 Å². The summed E-state index contributed by atoms with van der Waals surface area (Å²) in [5.74, 6) is 0. The van der Waals surface area contributed by atoms with Crippen LogP contribution in [0.4, 0.5) is 0 Å². The van der Waals surface area contributed by atoms with Crippen molar-refractivity contribution in [1.82, 2.24) is 10.2 Å². The predicted molar refractivity (Wildman–Crippen MR) is 52.0 cm³/mol. The van der Waals surface area contributed by atoms with Crippen molar-refractivity contribution in [3.05, 3.63) is 0 Å². The zero-order valence-corrected chi connectivity index (χ0v) is 8.42. The molecule has 0 aromatic heterocycles. The van der Waals surface area contributed by atoms with E-state index in [4.69, 9.17) is 9.47 Å². The summed E-state index contributed by atoms with van der Waals surface area (Å²) in [4.78, 5) is 2.27. The van der Waals surface area contributed by atoms with E-state index in [0.717, 1.165) is 52.6 Å². The predicted octanol–water partition coefficient (Wildman–Crippen LogP) is -0.445. The van der Waals surface area contributed by atoms with Crippen LogP contribution in [0.3, 0.4) is 0 Å². The average Bonchev–Trinajstić information content (AvgIpc) is 2.22. The second kappa shape index (κ2) is 7.26. The number of likely N-dealkylation sites (N-methyl/N-ethyl adjacent to an activating group) is 1. The van der Waals surface area contributed by atoms with E-state index in [1.165, 1.54) is 0 Å². The molecule has 0 aliphatic carbocycles. The van der Waals surface area contributed by atoms with Gasteiger partial charge in [0.25, 0.3) is 0 Å². The Balaban J connectivity index is 0.000000132. The van der Waals surface area contributed by atoms with E-state index in [2.05, 4.69) is 17.3 Å². The van der Waals surface area contributed by atoms with Crippen LogP contribution in [0.5, 0.6) is 0 Å². The van der Waals surface area contributed by atoms with E-state index in [1.54, 1.807) is 0 Å². The topological polar surface area (TPSA) is 33.7 Å². The first-order valence-corrected chi connectivity index (χ1v) is 4.94. The third-order valence-corrected chi connectivity index (χ3v) is 2.08. The third-order valence-electron chi connectivity index (χ3n) is 2.08. The summed E-state index contributed by atoms with van der Waals surface area (Å²) in [5, 5.41) is 3.16. The minimum atomic E-state index is 0.889. The van der Waals surface area contributed by atoms with E-state index >= 15 is 0 Å². The van der Waals surface area contributed by atoms with Gasteiger partial charge in [0, 0.05) is 26.2 Å². The largest absolute Gasteiger partial charge is 0.379 e. The van der Waals surface area contributed by atoms with Crippen LogP contribution in [0.15, 0.2) is 0 Å². The Labute approximate surface area is 80.2 Å². The van der Waals surface area contributed by atoms with Crippen LogP contribution in [-0.4, -0.2) is 64.6 Å². The smallest absolute Gasteiger partial charge is 0.0594 e. The van der Waals surface area contributed by atoms with E-state index in [0.29, 0.717) is 0 Å². The van der Waals surface area contributed by atoms with Crippen molar-refractivity contribution >= 4 is 0 Å². The lowest BCUT2D eigenvalue weighted by molar-refractivity contribution is 0.0503. The number of rotatable bonds is 0. The fraction of sp³-hybridized carbons (Fsp3) is 1.00. The molecule has 0 amide bonds. The molecule has 0 aromatic rings. The molecule has 2 fully saturated rings. The van der Waals surface area contributed by atoms with Gasteiger partial charge in [-0.2, -0.15) is 0 Å². The van der Waals surface area contributed by atoms with Gasteiger partial charge in [0.1, 0.15) is 0 Å². The molecule has 78 valence electrons. The van der Waals surface area contributed by atoms with Gasteiger partial charge >= 0.3 is 0 Å². The van der Waals surface area contributed by atoms with Gasteiger partial charge in [-0.15, -0.1) is 0 Å². The van der Waals surface area contributed by atoms with Gasteiger partial charge in [-0.25, -0.2) is 0 Å². The van der Waals surface area contributed by atoms with Crippen LogP contribution in [0, 0.1) is 0 Å². The quantitative estimate of drug-likeness (QED) is 0.558. The zero-order chi connectivity index (χ0) is 9.36. The fourth-order valence-electron chi connectivity index (χ4n) is 1.17. The number of hydrogen-bond donors (Lipinski definition) is 1. The molecule has 0 spiro atoms. The standard InChI is InChI=1S/C5H11NO.C4H9NO/c1-6-2-4-7-5-3-6;1-3-6-4-2-5-1/h2-5H2,1H3;5H,1-4H2. The Hall–Kier alpha value is -0.160. The summed E-state index contributed by atoms with van der Waals surface area (Å²) in [6, 6.07) is 0. The summed E-state index contributed by atoms with van der Waals surface area (Å²) in [6.07, 6.45) is 0. The second-order valence-electron chi connectivity index (χ2n) is 3.28. The first-order valence-electron chi connectivity index (χ1n) is 4.94. The van der Waals surface area contributed by atoms with Crippen LogP contribution in [0.2, 0.25) is 0 Å². The van der Waals surface area contributed by atoms with Crippen LogP contribution in [0.25, 0.3) is 0 Å². The van der Waals surface area contributed by atoms with Crippen molar-refractivity contribution in [3.63, 3.8) is 0 Å². The molecular formula is C9H20N2O2. The first-order chi connectivity index (χ1) is 6.39. The lowest BCUT2D eigenvalue weighted by atomic mass is 10.5.